The van der Waals surface area contributed by atoms with Crippen molar-refractivity contribution in [3.05, 3.63) is 76.6 Å². The summed E-state index contributed by atoms with van der Waals surface area (Å²) in [5.41, 5.74) is 0.262. The van der Waals surface area contributed by atoms with Gasteiger partial charge in [-0.2, -0.15) is 18.3 Å². The molecule has 3 rings (SSSR count). The van der Waals surface area contributed by atoms with Gasteiger partial charge in [-0.1, -0.05) is 18.2 Å². The quantitative estimate of drug-likeness (QED) is 0.604. The fourth-order valence-electron chi connectivity index (χ4n) is 2.93. The number of aryl methyl sites for hydroxylation is 1. The van der Waals surface area contributed by atoms with Crippen LogP contribution < -0.4 is 15.6 Å². The van der Waals surface area contributed by atoms with Crippen LogP contribution in [0.5, 0.6) is 5.75 Å². The number of methoxy groups -OCH3 is 1. The highest BCUT2D eigenvalue weighted by Gasteiger charge is 2.30. The van der Waals surface area contributed by atoms with Gasteiger partial charge in [0.05, 0.1) is 18.4 Å². The van der Waals surface area contributed by atoms with Crippen LogP contribution in [0.4, 0.5) is 18.9 Å². The maximum absolute atomic E-state index is 12.8. The summed E-state index contributed by atoms with van der Waals surface area (Å²) in [7, 11) is 1.55. The van der Waals surface area contributed by atoms with Gasteiger partial charge in [-0.05, 0) is 42.8 Å². The molecule has 0 aliphatic carbocycles. The number of carbonyl (C=O) groups excluding carboxylic acids is 1. The van der Waals surface area contributed by atoms with Crippen molar-refractivity contribution < 1.29 is 22.7 Å². The molecule has 0 saturated carbocycles. The second-order valence-electron chi connectivity index (χ2n) is 6.74. The predicted molar refractivity (Wildman–Crippen MR) is 110 cm³/mol. The number of alkyl halides is 3. The summed E-state index contributed by atoms with van der Waals surface area (Å²) in [6.45, 7) is 0.187. The Balaban J connectivity index is 1.61. The Kier molecular flexibility index (Phi) is 6.74. The number of carbonyl (C=O) groups is 1. The number of amides is 1. The van der Waals surface area contributed by atoms with Crippen LogP contribution in [0.1, 0.15) is 18.4 Å². The molecule has 0 fully saturated rings. The van der Waals surface area contributed by atoms with Gasteiger partial charge < -0.3 is 10.1 Å². The summed E-state index contributed by atoms with van der Waals surface area (Å²) in [6, 6.07) is 14.7. The fraction of sp³-hybridized carbons (Fsp3) is 0.227. The Bertz CT molecular complexity index is 1130. The van der Waals surface area contributed by atoms with Gasteiger partial charge in [-0.25, -0.2) is 4.68 Å². The van der Waals surface area contributed by atoms with Gasteiger partial charge in [0.1, 0.15) is 5.75 Å². The van der Waals surface area contributed by atoms with E-state index in [9.17, 15) is 22.8 Å². The summed E-state index contributed by atoms with van der Waals surface area (Å²) < 4.78 is 44.8. The molecule has 0 saturated heterocycles. The second kappa shape index (κ2) is 9.46. The average molecular weight is 431 g/mol. The van der Waals surface area contributed by atoms with E-state index in [0.29, 0.717) is 17.9 Å². The molecule has 0 spiro atoms. The number of ether oxygens (including phenoxy) is 1. The molecule has 2 aromatic carbocycles. The van der Waals surface area contributed by atoms with Crippen molar-refractivity contribution in [2.24, 2.45) is 0 Å². The van der Waals surface area contributed by atoms with E-state index in [-0.39, 0.29) is 24.2 Å². The highest BCUT2D eigenvalue weighted by molar-refractivity contribution is 5.90. The van der Waals surface area contributed by atoms with E-state index in [0.717, 1.165) is 17.7 Å². The van der Waals surface area contributed by atoms with E-state index in [1.807, 2.05) is 12.1 Å². The lowest BCUT2D eigenvalue weighted by Crippen LogP contribution is -2.23. The molecule has 31 heavy (non-hydrogen) atoms. The molecule has 1 N–H and O–H groups in total. The first-order chi connectivity index (χ1) is 14.8. The summed E-state index contributed by atoms with van der Waals surface area (Å²) in [5.74, 6) is 0.208. The number of hydrogen-bond donors (Lipinski definition) is 1. The van der Waals surface area contributed by atoms with Gasteiger partial charge in [-0.15, -0.1) is 0 Å². The van der Waals surface area contributed by atoms with Crippen LogP contribution in [0, 0.1) is 0 Å². The minimum Gasteiger partial charge on any atom is -0.497 e. The summed E-state index contributed by atoms with van der Waals surface area (Å²) in [5, 5.41) is 6.77. The third kappa shape index (κ3) is 5.94. The fourth-order valence-corrected chi connectivity index (χ4v) is 2.93. The van der Waals surface area contributed by atoms with Gasteiger partial charge in [0.15, 0.2) is 0 Å². The molecule has 162 valence electrons. The molecule has 0 bridgehead atoms. The zero-order chi connectivity index (χ0) is 22.4. The number of rotatable bonds is 7. The summed E-state index contributed by atoms with van der Waals surface area (Å²) in [4.78, 5) is 24.2. The molecule has 9 heteroatoms. The third-order valence-corrected chi connectivity index (χ3v) is 4.48. The minimum atomic E-state index is -4.48. The molecular formula is C22H20F3N3O3. The molecule has 6 nitrogen and oxygen atoms in total. The zero-order valence-electron chi connectivity index (χ0n) is 16.6. The van der Waals surface area contributed by atoms with Crippen molar-refractivity contribution in [1.29, 1.82) is 0 Å². The Morgan fingerprint density at radius 3 is 2.61 bits per heavy atom. The van der Waals surface area contributed by atoms with Crippen LogP contribution in [0.3, 0.4) is 0 Å². The normalized spacial score (nSPS) is 11.2. The van der Waals surface area contributed by atoms with Crippen LogP contribution in [0.2, 0.25) is 0 Å². The molecule has 0 aliphatic heterocycles. The van der Waals surface area contributed by atoms with Crippen LogP contribution in [-0.4, -0.2) is 22.8 Å². The van der Waals surface area contributed by atoms with Gasteiger partial charge in [-0.3, -0.25) is 9.59 Å². The van der Waals surface area contributed by atoms with E-state index >= 15 is 0 Å². The average Bonchev–Trinajstić information content (AvgIpc) is 2.74. The molecule has 0 aliphatic rings. The molecule has 0 atom stereocenters. The first kappa shape index (κ1) is 22.1. The molecule has 1 amide bonds. The molecule has 0 unspecified atom stereocenters. The first-order valence-corrected chi connectivity index (χ1v) is 9.46. The maximum Gasteiger partial charge on any atom is 0.416 e. The van der Waals surface area contributed by atoms with E-state index in [4.69, 9.17) is 4.74 Å². The number of benzene rings is 2. The van der Waals surface area contributed by atoms with Crippen molar-refractivity contribution in [3.63, 3.8) is 0 Å². The largest absolute Gasteiger partial charge is 0.497 e. The summed E-state index contributed by atoms with van der Waals surface area (Å²) in [6.07, 6.45) is -4.17. The number of hydrogen-bond acceptors (Lipinski definition) is 4. The number of halogens is 3. The molecular weight excluding hydrogens is 411 g/mol. The Labute approximate surface area is 176 Å². The lowest BCUT2D eigenvalue weighted by atomic mass is 10.1. The number of nitrogens with one attached hydrogen (secondary N) is 1. The minimum absolute atomic E-state index is 0.0216. The van der Waals surface area contributed by atoms with E-state index in [1.54, 1.807) is 25.3 Å². The number of anilines is 1. The number of aromatic nitrogens is 2. The molecule has 0 radical (unpaired) electrons. The van der Waals surface area contributed by atoms with E-state index in [1.165, 1.54) is 22.9 Å². The van der Waals surface area contributed by atoms with Crippen LogP contribution in [-0.2, 0) is 17.5 Å². The Morgan fingerprint density at radius 2 is 1.87 bits per heavy atom. The molecule has 3 aromatic rings. The van der Waals surface area contributed by atoms with E-state index in [2.05, 4.69) is 10.4 Å². The van der Waals surface area contributed by atoms with Gasteiger partial charge >= 0.3 is 6.18 Å². The lowest BCUT2D eigenvalue weighted by molar-refractivity contribution is -0.137. The Hall–Kier alpha value is -3.62. The predicted octanol–water partition coefficient (Wildman–Crippen LogP) is 4.36. The number of nitrogens with zero attached hydrogens (tertiary/aromatic N) is 2. The Morgan fingerprint density at radius 1 is 1.10 bits per heavy atom. The summed E-state index contributed by atoms with van der Waals surface area (Å²) >= 11 is 0. The van der Waals surface area contributed by atoms with Crippen LogP contribution in [0.25, 0.3) is 11.3 Å². The molecule has 1 aromatic heterocycles. The highest BCUT2D eigenvalue weighted by atomic mass is 19.4. The van der Waals surface area contributed by atoms with Crippen molar-refractivity contribution in [1.82, 2.24) is 9.78 Å². The molecule has 1 heterocycles. The van der Waals surface area contributed by atoms with Crippen molar-refractivity contribution >= 4 is 11.6 Å². The first-order valence-electron chi connectivity index (χ1n) is 9.46. The topological polar surface area (TPSA) is 73.2 Å². The van der Waals surface area contributed by atoms with Crippen LogP contribution >= 0.6 is 0 Å². The third-order valence-electron chi connectivity index (χ3n) is 4.48. The van der Waals surface area contributed by atoms with E-state index < -0.39 is 17.6 Å². The van der Waals surface area contributed by atoms with Crippen molar-refractivity contribution in [3.8, 4) is 17.0 Å². The standard InChI is InChI=1S/C22H20F3N3O3/c1-31-18-8-2-5-15(13-18)19-10-11-21(30)28(27-19)12-4-9-20(29)26-17-7-3-6-16(14-17)22(23,24)25/h2-3,5-8,10-11,13-14H,4,9,12H2,1H3,(H,26,29). The van der Waals surface area contributed by atoms with Gasteiger partial charge in [0.2, 0.25) is 5.91 Å². The SMILES string of the molecule is COc1cccc(-c2ccc(=O)n(CCCC(=O)Nc3cccc(C(F)(F)F)c3)n2)c1. The monoisotopic (exact) mass is 431 g/mol. The van der Waals surface area contributed by atoms with Gasteiger partial charge in [0, 0.05) is 30.3 Å². The highest BCUT2D eigenvalue weighted by Crippen LogP contribution is 2.30. The van der Waals surface area contributed by atoms with Crippen molar-refractivity contribution in [2.45, 2.75) is 25.6 Å². The van der Waals surface area contributed by atoms with Crippen LogP contribution in [0.15, 0.2) is 65.5 Å². The maximum atomic E-state index is 12.8. The lowest BCUT2D eigenvalue weighted by Gasteiger charge is -2.10. The smallest absolute Gasteiger partial charge is 0.416 e. The van der Waals surface area contributed by atoms with Crippen molar-refractivity contribution in [2.75, 3.05) is 12.4 Å². The second-order valence-corrected chi connectivity index (χ2v) is 6.74. The zero-order valence-corrected chi connectivity index (χ0v) is 16.6. The van der Waals surface area contributed by atoms with Gasteiger partial charge in [0.25, 0.3) is 5.56 Å².